The molecule has 194 valence electrons. The Morgan fingerprint density at radius 2 is 1.35 bits per heavy atom. The van der Waals surface area contributed by atoms with Crippen molar-refractivity contribution in [2.24, 2.45) is 0 Å². The summed E-state index contributed by atoms with van der Waals surface area (Å²) in [6, 6.07) is 26.1. The van der Waals surface area contributed by atoms with Gasteiger partial charge in [0.25, 0.3) is 0 Å². The molecule has 5 heteroatoms. The van der Waals surface area contributed by atoms with E-state index in [9.17, 15) is 9.18 Å². The van der Waals surface area contributed by atoms with Crippen LogP contribution < -0.4 is 5.69 Å². The molecule has 37 heavy (non-hydrogen) atoms. The van der Waals surface area contributed by atoms with Crippen LogP contribution in [0.1, 0.15) is 55.7 Å². The van der Waals surface area contributed by atoms with Crippen LogP contribution in [-0.2, 0) is 19.4 Å². The van der Waals surface area contributed by atoms with Crippen LogP contribution in [0.4, 0.5) is 4.39 Å². The Hall–Kier alpha value is -3.18. The van der Waals surface area contributed by atoms with Gasteiger partial charge in [0.05, 0.1) is 11.0 Å². The number of imidazole rings is 1. The summed E-state index contributed by atoms with van der Waals surface area (Å²) in [6.07, 6.45) is 8.25. The molecule has 3 aromatic carbocycles. The third kappa shape index (κ3) is 6.40. The van der Waals surface area contributed by atoms with Crippen molar-refractivity contribution < 1.29 is 4.39 Å². The lowest BCUT2D eigenvalue weighted by Crippen LogP contribution is -2.38. The summed E-state index contributed by atoms with van der Waals surface area (Å²) in [5, 5.41) is 0. The van der Waals surface area contributed by atoms with E-state index in [1.54, 1.807) is 12.1 Å². The van der Waals surface area contributed by atoms with Gasteiger partial charge in [0.2, 0.25) is 0 Å². The Morgan fingerprint density at radius 3 is 2.11 bits per heavy atom. The lowest BCUT2D eigenvalue weighted by atomic mass is 10.0. The Labute approximate surface area is 219 Å². The average Bonchev–Trinajstić information content (AvgIpc) is 3.21. The van der Waals surface area contributed by atoms with Crippen LogP contribution in [0, 0.1) is 5.82 Å². The van der Waals surface area contributed by atoms with Gasteiger partial charge in [0, 0.05) is 25.7 Å². The Bertz CT molecular complexity index is 1340. The second-order valence-corrected chi connectivity index (χ2v) is 10.4. The SMILES string of the molecule is O=c1n(CCCCc2ccccc2)c2ccccc2n1C1CCN(CCCCc2cccc(F)c2)CC1. The van der Waals surface area contributed by atoms with Crippen molar-refractivity contribution in [2.75, 3.05) is 19.6 Å². The fraction of sp³-hybridized carbons (Fsp3) is 0.406. The number of hydrogen-bond donors (Lipinski definition) is 0. The molecule has 4 aromatic rings. The molecule has 1 aromatic heterocycles. The average molecular weight is 500 g/mol. The minimum Gasteiger partial charge on any atom is -0.303 e. The largest absolute Gasteiger partial charge is 0.329 e. The normalized spacial score (nSPS) is 14.9. The highest BCUT2D eigenvalue weighted by molar-refractivity contribution is 5.76. The fourth-order valence-corrected chi connectivity index (χ4v) is 5.80. The van der Waals surface area contributed by atoms with Gasteiger partial charge in [-0.25, -0.2) is 9.18 Å². The van der Waals surface area contributed by atoms with Crippen LogP contribution in [0.25, 0.3) is 11.0 Å². The van der Waals surface area contributed by atoms with Crippen LogP contribution >= 0.6 is 0 Å². The molecule has 1 aliphatic rings. The maximum Gasteiger partial charge on any atom is 0.329 e. The predicted molar refractivity (Wildman–Crippen MR) is 150 cm³/mol. The molecule has 0 atom stereocenters. The van der Waals surface area contributed by atoms with Crippen LogP contribution in [0.15, 0.2) is 83.7 Å². The molecule has 5 rings (SSSR count). The number of nitrogens with zero attached hydrogens (tertiary/aromatic N) is 3. The van der Waals surface area contributed by atoms with Crippen molar-refractivity contribution in [3.05, 3.63) is 106 Å². The summed E-state index contributed by atoms with van der Waals surface area (Å²) in [5.41, 5.74) is 4.72. The first-order valence-electron chi connectivity index (χ1n) is 13.9. The van der Waals surface area contributed by atoms with Gasteiger partial charge >= 0.3 is 5.69 Å². The van der Waals surface area contributed by atoms with Gasteiger partial charge in [0.15, 0.2) is 0 Å². The first-order chi connectivity index (χ1) is 18.2. The quantitative estimate of drug-likeness (QED) is 0.217. The number of hydrogen-bond acceptors (Lipinski definition) is 2. The number of likely N-dealkylation sites (tertiary alicyclic amines) is 1. The van der Waals surface area contributed by atoms with Gasteiger partial charge in [-0.15, -0.1) is 0 Å². The van der Waals surface area contributed by atoms with Crippen LogP contribution in [0.5, 0.6) is 0 Å². The minimum atomic E-state index is -0.150. The molecule has 1 saturated heterocycles. The topological polar surface area (TPSA) is 30.2 Å². The molecule has 2 heterocycles. The van der Waals surface area contributed by atoms with Crippen molar-refractivity contribution >= 4 is 11.0 Å². The highest BCUT2D eigenvalue weighted by Crippen LogP contribution is 2.26. The number of unbranched alkanes of at least 4 members (excludes halogenated alkanes) is 2. The summed E-state index contributed by atoms with van der Waals surface area (Å²) >= 11 is 0. The van der Waals surface area contributed by atoms with E-state index in [0.717, 1.165) is 94.1 Å². The summed E-state index contributed by atoms with van der Waals surface area (Å²) in [6.45, 7) is 3.88. The summed E-state index contributed by atoms with van der Waals surface area (Å²) in [4.78, 5) is 16.1. The third-order valence-corrected chi connectivity index (χ3v) is 7.81. The summed E-state index contributed by atoms with van der Waals surface area (Å²) < 4.78 is 17.5. The third-order valence-electron chi connectivity index (χ3n) is 7.81. The van der Waals surface area contributed by atoms with E-state index in [1.807, 2.05) is 22.8 Å². The van der Waals surface area contributed by atoms with E-state index in [1.165, 1.54) is 11.6 Å². The lowest BCUT2D eigenvalue weighted by molar-refractivity contribution is 0.183. The standard InChI is InChI=1S/C32H38FN3O/c33-28-16-10-15-27(25-28)14-6-8-21-34-23-19-29(20-24-34)36-31-18-5-4-17-30(31)35(32(36)37)22-9-7-13-26-11-2-1-3-12-26/h1-5,10-12,15-18,25,29H,6-9,13-14,19-24H2. The van der Waals surface area contributed by atoms with Crippen LogP contribution in [-0.4, -0.2) is 33.7 Å². The monoisotopic (exact) mass is 499 g/mol. The van der Waals surface area contributed by atoms with Crippen molar-refractivity contribution in [3.8, 4) is 0 Å². The number of fused-ring (bicyclic) bond motifs is 1. The summed E-state index contributed by atoms with van der Waals surface area (Å²) in [5.74, 6) is -0.150. The number of para-hydroxylation sites is 2. The molecule has 0 amide bonds. The molecule has 0 unspecified atom stereocenters. The molecule has 1 aliphatic heterocycles. The van der Waals surface area contributed by atoms with Crippen LogP contribution in [0.2, 0.25) is 0 Å². The van der Waals surface area contributed by atoms with E-state index in [4.69, 9.17) is 0 Å². The van der Waals surface area contributed by atoms with Crippen molar-refractivity contribution in [3.63, 3.8) is 0 Å². The van der Waals surface area contributed by atoms with E-state index in [-0.39, 0.29) is 17.5 Å². The van der Waals surface area contributed by atoms with Gasteiger partial charge in [-0.1, -0.05) is 54.6 Å². The van der Waals surface area contributed by atoms with Crippen LogP contribution in [0.3, 0.4) is 0 Å². The van der Waals surface area contributed by atoms with E-state index in [2.05, 4.69) is 51.9 Å². The zero-order valence-corrected chi connectivity index (χ0v) is 21.7. The number of benzene rings is 3. The van der Waals surface area contributed by atoms with Gasteiger partial charge in [-0.05, 0) is 93.3 Å². The Morgan fingerprint density at radius 1 is 0.703 bits per heavy atom. The number of rotatable bonds is 11. The first kappa shape index (κ1) is 25.5. The number of piperidine rings is 1. The molecule has 1 fully saturated rings. The lowest BCUT2D eigenvalue weighted by Gasteiger charge is -2.32. The Balaban J connectivity index is 1.15. The molecule has 0 spiro atoms. The molecule has 0 bridgehead atoms. The van der Waals surface area contributed by atoms with E-state index >= 15 is 0 Å². The molecule has 0 saturated carbocycles. The second-order valence-electron chi connectivity index (χ2n) is 10.4. The molecule has 0 N–H and O–H groups in total. The van der Waals surface area contributed by atoms with Gasteiger partial charge in [0.1, 0.15) is 5.82 Å². The van der Waals surface area contributed by atoms with Crippen molar-refractivity contribution in [1.82, 2.24) is 14.0 Å². The number of halogens is 1. The predicted octanol–water partition coefficient (Wildman–Crippen LogP) is 6.62. The number of aromatic nitrogens is 2. The first-order valence-corrected chi connectivity index (χ1v) is 13.9. The highest BCUT2D eigenvalue weighted by atomic mass is 19.1. The van der Waals surface area contributed by atoms with E-state index < -0.39 is 0 Å². The molecular formula is C32H38FN3O. The van der Waals surface area contributed by atoms with E-state index in [0.29, 0.717) is 0 Å². The minimum absolute atomic E-state index is 0.148. The Kier molecular flexibility index (Phi) is 8.52. The molecule has 0 radical (unpaired) electrons. The van der Waals surface area contributed by atoms with Gasteiger partial charge in [-0.2, -0.15) is 0 Å². The maximum absolute atomic E-state index is 13.6. The second kappa shape index (κ2) is 12.4. The zero-order chi connectivity index (χ0) is 25.5. The summed E-state index contributed by atoms with van der Waals surface area (Å²) in [7, 11) is 0. The van der Waals surface area contributed by atoms with Gasteiger partial charge in [-0.3, -0.25) is 9.13 Å². The number of aryl methyl sites for hydroxylation is 3. The highest BCUT2D eigenvalue weighted by Gasteiger charge is 2.24. The molecule has 0 aliphatic carbocycles. The molecule has 4 nitrogen and oxygen atoms in total. The fourth-order valence-electron chi connectivity index (χ4n) is 5.80. The van der Waals surface area contributed by atoms with Crippen molar-refractivity contribution in [2.45, 2.75) is 64.0 Å². The molecular weight excluding hydrogens is 461 g/mol. The van der Waals surface area contributed by atoms with Crippen molar-refractivity contribution in [1.29, 1.82) is 0 Å². The maximum atomic E-state index is 13.6. The van der Waals surface area contributed by atoms with Gasteiger partial charge < -0.3 is 4.90 Å². The smallest absolute Gasteiger partial charge is 0.303 e. The zero-order valence-electron chi connectivity index (χ0n) is 21.7.